The molecule has 0 N–H and O–H groups in total. The summed E-state index contributed by atoms with van der Waals surface area (Å²) in [5.41, 5.74) is 3.08. The van der Waals surface area contributed by atoms with E-state index >= 15 is 0 Å². The van der Waals surface area contributed by atoms with Gasteiger partial charge in [-0.2, -0.15) is 0 Å². The van der Waals surface area contributed by atoms with Crippen molar-refractivity contribution in [1.82, 2.24) is 0 Å². The van der Waals surface area contributed by atoms with Gasteiger partial charge in [-0.3, -0.25) is 10.1 Å². The summed E-state index contributed by atoms with van der Waals surface area (Å²) in [6.45, 7) is 0.780. The molecule has 0 spiro atoms. The molecule has 0 saturated heterocycles. The monoisotopic (exact) mass is 318 g/mol. The summed E-state index contributed by atoms with van der Waals surface area (Å²) < 4.78 is 0.718. The van der Waals surface area contributed by atoms with Crippen molar-refractivity contribution in [2.45, 2.75) is 6.42 Å². The van der Waals surface area contributed by atoms with Crippen molar-refractivity contribution >= 4 is 33.0 Å². The highest BCUT2D eigenvalue weighted by Gasteiger charge is 2.26. The lowest BCUT2D eigenvalue weighted by molar-refractivity contribution is -0.384. The molecule has 1 heterocycles. The Morgan fingerprint density at radius 3 is 2.74 bits per heavy atom. The first-order valence-electron chi connectivity index (χ1n) is 5.96. The van der Waals surface area contributed by atoms with Crippen LogP contribution in [0.4, 0.5) is 17.1 Å². The second kappa shape index (κ2) is 4.66. The molecule has 0 bridgehead atoms. The molecular weight excluding hydrogens is 308 g/mol. The van der Waals surface area contributed by atoms with Gasteiger partial charge >= 0.3 is 0 Å². The van der Waals surface area contributed by atoms with Crippen molar-refractivity contribution < 1.29 is 4.92 Å². The maximum absolute atomic E-state index is 11.2. The quantitative estimate of drug-likeness (QED) is 0.620. The zero-order valence-corrected chi connectivity index (χ0v) is 11.6. The molecular formula is C14H11BrN2O2. The summed E-state index contributed by atoms with van der Waals surface area (Å²) in [4.78, 5) is 12.9. The predicted octanol–water partition coefficient (Wildman–Crippen LogP) is 4.05. The Morgan fingerprint density at radius 2 is 1.95 bits per heavy atom. The third-order valence-electron chi connectivity index (χ3n) is 3.31. The highest BCUT2D eigenvalue weighted by molar-refractivity contribution is 9.10. The smallest absolute Gasteiger partial charge is 0.294 e. The second-order valence-corrected chi connectivity index (χ2v) is 5.34. The van der Waals surface area contributed by atoms with Crippen LogP contribution in [0.5, 0.6) is 0 Å². The van der Waals surface area contributed by atoms with Crippen molar-refractivity contribution in [2.75, 3.05) is 11.4 Å². The molecule has 0 unspecified atom stereocenters. The molecule has 19 heavy (non-hydrogen) atoms. The first kappa shape index (κ1) is 12.2. The lowest BCUT2D eigenvalue weighted by Gasteiger charge is -2.19. The molecule has 0 saturated carbocycles. The number of halogens is 1. The zero-order valence-electron chi connectivity index (χ0n) is 10.0. The van der Waals surface area contributed by atoms with Gasteiger partial charge < -0.3 is 4.90 Å². The molecule has 0 amide bonds. The summed E-state index contributed by atoms with van der Waals surface area (Å²) >= 11 is 3.28. The number of nitro groups is 1. The number of anilines is 2. The molecule has 0 aromatic heterocycles. The van der Waals surface area contributed by atoms with Crippen molar-refractivity contribution in [3.8, 4) is 0 Å². The van der Waals surface area contributed by atoms with Gasteiger partial charge in [0.05, 0.1) is 4.92 Å². The van der Waals surface area contributed by atoms with Crippen LogP contribution in [0.2, 0.25) is 0 Å². The molecule has 5 heteroatoms. The third kappa shape index (κ3) is 2.10. The number of fused-ring (bicyclic) bond motifs is 1. The SMILES string of the molecule is O=[N+]([O-])c1cc(Br)ccc1N1CCc2ccccc21. The summed E-state index contributed by atoms with van der Waals surface area (Å²) in [5, 5.41) is 11.2. The first-order valence-corrected chi connectivity index (χ1v) is 6.75. The molecule has 2 aromatic carbocycles. The van der Waals surface area contributed by atoms with Gasteiger partial charge in [0.2, 0.25) is 0 Å². The van der Waals surface area contributed by atoms with E-state index in [1.807, 2.05) is 29.2 Å². The summed E-state index contributed by atoms with van der Waals surface area (Å²) in [6.07, 6.45) is 0.920. The Balaban J connectivity index is 2.12. The van der Waals surface area contributed by atoms with E-state index in [2.05, 4.69) is 22.0 Å². The van der Waals surface area contributed by atoms with Gasteiger partial charge in [-0.1, -0.05) is 34.1 Å². The minimum atomic E-state index is -0.332. The van der Waals surface area contributed by atoms with Crippen LogP contribution in [0.1, 0.15) is 5.56 Å². The number of nitro benzene ring substituents is 1. The fraction of sp³-hybridized carbons (Fsp3) is 0.143. The van der Waals surface area contributed by atoms with Crippen LogP contribution >= 0.6 is 15.9 Å². The molecule has 0 atom stereocenters. The fourth-order valence-electron chi connectivity index (χ4n) is 2.46. The minimum absolute atomic E-state index is 0.131. The van der Waals surface area contributed by atoms with Crippen molar-refractivity contribution in [3.63, 3.8) is 0 Å². The van der Waals surface area contributed by atoms with Gasteiger partial charge in [0.25, 0.3) is 5.69 Å². The molecule has 96 valence electrons. The largest absolute Gasteiger partial charge is 0.335 e. The summed E-state index contributed by atoms with van der Waals surface area (Å²) in [7, 11) is 0. The molecule has 0 aliphatic carbocycles. The van der Waals surface area contributed by atoms with Crippen molar-refractivity contribution in [3.05, 3.63) is 62.6 Å². The number of benzene rings is 2. The van der Waals surface area contributed by atoms with Crippen LogP contribution in [-0.2, 0) is 6.42 Å². The van der Waals surface area contributed by atoms with Gasteiger partial charge in [0, 0.05) is 22.8 Å². The highest BCUT2D eigenvalue weighted by atomic mass is 79.9. The first-order chi connectivity index (χ1) is 9.16. The van der Waals surface area contributed by atoms with Gasteiger partial charge in [0.15, 0.2) is 0 Å². The predicted molar refractivity (Wildman–Crippen MR) is 77.9 cm³/mol. The molecule has 0 radical (unpaired) electrons. The molecule has 2 aromatic rings. The van der Waals surface area contributed by atoms with Gasteiger partial charge in [0.1, 0.15) is 5.69 Å². The molecule has 0 fully saturated rings. The number of hydrogen-bond donors (Lipinski definition) is 0. The molecule has 4 nitrogen and oxygen atoms in total. The second-order valence-electron chi connectivity index (χ2n) is 4.42. The molecule has 1 aliphatic heterocycles. The maximum atomic E-state index is 11.2. The van der Waals surface area contributed by atoms with Crippen LogP contribution in [0.25, 0.3) is 0 Å². The van der Waals surface area contributed by atoms with Gasteiger partial charge in [-0.15, -0.1) is 0 Å². The molecule has 3 rings (SSSR count). The Bertz CT molecular complexity index is 658. The average molecular weight is 319 g/mol. The van der Waals surface area contributed by atoms with Crippen molar-refractivity contribution in [2.24, 2.45) is 0 Å². The lowest BCUT2D eigenvalue weighted by Crippen LogP contribution is -2.14. The number of para-hydroxylation sites is 1. The van der Waals surface area contributed by atoms with E-state index in [0.29, 0.717) is 5.69 Å². The topological polar surface area (TPSA) is 46.4 Å². The fourth-order valence-corrected chi connectivity index (χ4v) is 2.81. The zero-order chi connectivity index (χ0) is 13.4. The molecule has 1 aliphatic rings. The van der Waals surface area contributed by atoms with Crippen LogP contribution < -0.4 is 4.90 Å². The maximum Gasteiger partial charge on any atom is 0.294 e. The third-order valence-corrected chi connectivity index (χ3v) is 3.81. The Morgan fingerprint density at radius 1 is 1.16 bits per heavy atom. The van der Waals surface area contributed by atoms with Crippen LogP contribution in [0.15, 0.2) is 46.9 Å². The summed E-state index contributed by atoms with van der Waals surface area (Å²) in [5.74, 6) is 0. The average Bonchev–Trinajstić information content (AvgIpc) is 2.82. The Kier molecular flexibility index (Phi) is 2.98. The Hall–Kier alpha value is -1.88. The van der Waals surface area contributed by atoms with E-state index in [-0.39, 0.29) is 10.6 Å². The summed E-state index contributed by atoms with van der Waals surface area (Å²) in [6, 6.07) is 13.2. The normalized spacial score (nSPS) is 13.4. The van der Waals surface area contributed by atoms with Gasteiger partial charge in [-0.05, 0) is 30.2 Å². The lowest BCUT2D eigenvalue weighted by atomic mass is 10.2. The Labute approximate surface area is 118 Å². The van der Waals surface area contributed by atoms with Gasteiger partial charge in [-0.25, -0.2) is 0 Å². The van der Waals surface area contributed by atoms with Crippen LogP contribution in [0, 0.1) is 10.1 Å². The van der Waals surface area contributed by atoms with E-state index < -0.39 is 0 Å². The highest BCUT2D eigenvalue weighted by Crippen LogP contribution is 2.40. The number of rotatable bonds is 2. The van der Waals surface area contributed by atoms with Crippen molar-refractivity contribution in [1.29, 1.82) is 0 Å². The van der Waals surface area contributed by atoms with E-state index in [0.717, 1.165) is 23.1 Å². The van der Waals surface area contributed by atoms with E-state index in [4.69, 9.17) is 0 Å². The van der Waals surface area contributed by atoms with E-state index in [1.165, 1.54) is 5.56 Å². The van der Waals surface area contributed by atoms with Crippen LogP contribution in [0.3, 0.4) is 0 Å². The standard InChI is InChI=1S/C14H11BrN2O2/c15-11-5-6-13(14(9-11)17(18)19)16-8-7-10-3-1-2-4-12(10)16/h1-6,9H,7-8H2. The number of nitrogens with zero attached hydrogens (tertiary/aromatic N) is 2. The minimum Gasteiger partial charge on any atom is -0.335 e. The number of hydrogen-bond acceptors (Lipinski definition) is 3. The van der Waals surface area contributed by atoms with E-state index in [1.54, 1.807) is 12.1 Å². The van der Waals surface area contributed by atoms with E-state index in [9.17, 15) is 10.1 Å². The van der Waals surface area contributed by atoms with Crippen LogP contribution in [-0.4, -0.2) is 11.5 Å².